The fraction of sp³-hybridized carbons (Fsp3) is 0.200. The predicted molar refractivity (Wildman–Crippen MR) is 114 cm³/mol. The van der Waals surface area contributed by atoms with Crippen LogP contribution >= 0.6 is 0 Å². The molecule has 3 N–H and O–H groups in total. The van der Waals surface area contributed by atoms with Crippen LogP contribution in [0.3, 0.4) is 0 Å². The van der Waals surface area contributed by atoms with E-state index >= 15 is 0 Å². The van der Waals surface area contributed by atoms with Crippen LogP contribution in [-0.4, -0.2) is 37.0 Å². The highest BCUT2D eigenvalue weighted by atomic mass is 32.2. The Hall–Kier alpha value is -3.38. The summed E-state index contributed by atoms with van der Waals surface area (Å²) in [6.45, 7) is 0.771. The van der Waals surface area contributed by atoms with E-state index in [1.807, 2.05) is 6.92 Å². The molecule has 0 spiro atoms. The Morgan fingerprint density at radius 3 is 2.41 bits per heavy atom. The van der Waals surface area contributed by atoms with Crippen LogP contribution in [0, 0.1) is 0 Å². The Morgan fingerprint density at radius 2 is 1.78 bits per heavy atom. The number of rotatable bonds is 7. The van der Waals surface area contributed by atoms with Gasteiger partial charge in [-0.15, -0.1) is 0 Å². The van der Waals surface area contributed by atoms with E-state index in [1.165, 1.54) is 16.9 Å². The Balaban J connectivity index is 1.91. The van der Waals surface area contributed by atoms with Gasteiger partial charge in [-0.3, -0.25) is 10.00 Å². The third-order valence-corrected chi connectivity index (χ3v) is 5.70. The van der Waals surface area contributed by atoms with Gasteiger partial charge in [0.15, 0.2) is 5.82 Å². The molecule has 0 atom stereocenters. The van der Waals surface area contributed by atoms with Crippen LogP contribution in [0.25, 0.3) is 11.1 Å². The highest BCUT2D eigenvalue weighted by Gasteiger charge is 2.30. The van der Waals surface area contributed by atoms with E-state index in [-0.39, 0.29) is 11.5 Å². The highest BCUT2D eigenvalue weighted by molar-refractivity contribution is 7.89. The molecule has 0 radical (unpaired) electrons. The largest absolute Gasteiger partial charge is 0.402 e. The van der Waals surface area contributed by atoms with Crippen molar-refractivity contribution >= 4 is 27.6 Å². The first-order valence-electron chi connectivity index (χ1n) is 9.45. The molecule has 32 heavy (non-hydrogen) atoms. The minimum Gasteiger partial charge on any atom is -0.307 e. The summed E-state index contributed by atoms with van der Waals surface area (Å²) < 4.78 is 65.2. The van der Waals surface area contributed by atoms with E-state index in [9.17, 15) is 26.4 Å². The summed E-state index contributed by atoms with van der Waals surface area (Å²) in [5, 5.41) is 9.21. The van der Waals surface area contributed by atoms with Gasteiger partial charge in [0.2, 0.25) is 10.0 Å². The molecule has 8 nitrogen and oxygen atoms in total. The zero-order valence-electron chi connectivity index (χ0n) is 16.8. The molecule has 0 fully saturated rings. The van der Waals surface area contributed by atoms with Gasteiger partial charge >= 0.3 is 12.2 Å². The molecule has 3 rings (SSSR count). The maximum absolute atomic E-state index is 12.5. The Kier molecular flexibility index (Phi) is 6.84. The number of hydrogen-bond donors (Lipinski definition) is 3. The van der Waals surface area contributed by atoms with E-state index < -0.39 is 33.7 Å². The van der Waals surface area contributed by atoms with Gasteiger partial charge in [0.05, 0.1) is 10.6 Å². The topological polar surface area (TPSA) is 105 Å². The van der Waals surface area contributed by atoms with Crippen molar-refractivity contribution in [2.75, 3.05) is 17.2 Å². The van der Waals surface area contributed by atoms with Crippen molar-refractivity contribution in [2.24, 2.45) is 0 Å². The number of nitrogens with zero attached hydrogens (tertiary/aromatic N) is 2. The van der Waals surface area contributed by atoms with Crippen LogP contribution in [0.15, 0.2) is 65.7 Å². The number of nitrogens with one attached hydrogen (secondary N) is 3. The average Bonchev–Trinajstić information content (AvgIpc) is 3.20. The zero-order chi connectivity index (χ0) is 23.4. The number of carbonyl (C=O) groups excluding carboxylic acids is 1. The Labute approximate surface area is 182 Å². The van der Waals surface area contributed by atoms with Crippen LogP contribution in [-0.2, 0) is 16.6 Å². The molecule has 0 aliphatic rings. The lowest BCUT2D eigenvalue weighted by Crippen LogP contribution is -2.33. The third-order valence-electron chi connectivity index (χ3n) is 4.30. The van der Waals surface area contributed by atoms with Crippen LogP contribution < -0.4 is 15.4 Å². The molecule has 1 heterocycles. The van der Waals surface area contributed by atoms with Crippen LogP contribution in [0.2, 0.25) is 0 Å². The van der Waals surface area contributed by atoms with Crippen LogP contribution in [0.1, 0.15) is 6.92 Å². The van der Waals surface area contributed by atoms with Crippen LogP contribution in [0.4, 0.5) is 29.5 Å². The fourth-order valence-electron chi connectivity index (χ4n) is 2.80. The molecular formula is C20H20F3N5O3S. The van der Waals surface area contributed by atoms with Crippen molar-refractivity contribution in [1.29, 1.82) is 0 Å². The van der Waals surface area contributed by atoms with Gasteiger partial charge in [-0.05, 0) is 24.6 Å². The molecular weight excluding hydrogens is 447 g/mol. The zero-order valence-corrected chi connectivity index (χ0v) is 17.7. The summed E-state index contributed by atoms with van der Waals surface area (Å²) in [7, 11) is -4.47. The summed E-state index contributed by atoms with van der Waals surface area (Å²) in [6.07, 6.45) is -3.04. The lowest BCUT2D eigenvalue weighted by atomic mass is 10.0. The van der Waals surface area contributed by atoms with Crippen molar-refractivity contribution in [3.63, 3.8) is 0 Å². The molecule has 0 saturated heterocycles. The summed E-state index contributed by atoms with van der Waals surface area (Å²) in [5.41, 5.74) is 1.25. The smallest absolute Gasteiger partial charge is 0.307 e. The predicted octanol–water partition coefficient (Wildman–Crippen LogP) is 4.05. The normalized spacial score (nSPS) is 11.9. The number of benzene rings is 2. The molecule has 3 aromatic rings. The number of aromatic nitrogens is 2. The Bertz CT molecular complexity index is 1190. The maximum Gasteiger partial charge on any atom is 0.402 e. The molecule has 0 aliphatic carbocycles. The minimum atomic E-state index is -4.71. The number of halogens is 3. The summed E-state index contributed by atoms with van der Waals surface area (Å²) in [4.78, 5) is 12.1. The second-order valence-electron chi connectivity index (χ2n) is 6.65. The van der Waals surface area contributed by atoms with Gasteiger partial charge in [-0.2, -0.15) is 18.3 Å². The van der Waals surface area contributed by atoms with Crippen molar-refractivity contribution in [1.82, 2.24) is 14.5 Å². The summed E-state index contributed by atoms with van der Waals surface area (Å²) >= 11 is 0. The molecule has 12 heteroatoms. The van der Waals surface area contributed by atoms with Gasteiger partial charge in [0.25, 0.3) is 0 Å². The number of anilines is 2. The van der Waals surface area contributed by atoms with E-state index in [0.717, 1.165) is 6.07 Å². The second kappa shape index (κ2) is 9.40. The van der Waals surface area contributed by atoms with E-state index in [0.29, 0.717) is 17.7 Å². The van der Waals surface area contributed by atoms with Crippen molar-refractivity contribution < 1.29 is 26.4 Å². The van der Waals surface area contributed by atoms with Crippen molar-refractivity contribution in [2.45, 2.75) is 24.5 Å². The van der Waals surface area contributed by atoms with Crippen molar-refractivity contribution in [3.05, 3.63) is 60.8 Å². The summed E-state index contributed by atoms with van der Waals surface area (Å²) in [6, 6.07) is 13.4. The monoisotopic (exact) mass is 467 g/mol. The number of carbonyl (C=O) groups is 1. The first-order chi connectivity index (χ1) is 15.1. The van der Waals surface area contributed by atoms with Gasteiger partial charge in [0.1, 0.15) is 6.54 Å². The average molecular weight is 467 g/mol. The van der Waals surface area contributed by atoms with Gasteiger partial charge in [-0.1, -0.05) is 36.4 Å². The molecule has 2 amide bonds. The van der Waals surface area contributed by atoms with Crippen molar-refractivity contribution in [3.8, 4) is 11.1 Å². The lowest BCUT2D eigenvalue weighted by molar-refractivity contribution is -0.121. The molecule has 2 aromatic carbocycles. The fourth-order valence-corrected chi connectivity index (χ4v) is 3.84. The maximum atomic E-state index is 12.5. The number of aryl methyl sites for hydroxylation is 1. The standard InChI is InChI=1S/C20H20F3N5O3S/c1-2-28-11-10-18(27-28)26-19(29)25-17-12-15(32(30,31)24-13-20(21,22)23)8-9-16(17)14-6-4-3-5-7-14/h3-12,24H,2,13H2,1H3,(H2,25,26,27,29). The van der Waals surface area contributed by atoms with E-state index in [4.69, 9.17) is 0 Å². The Morgan fingerprint density at radius 1 is 1.06 bits per heavy atom. The van der Waals surface area contributed by atoms with Gasteiger partial charge < -0.3 is 5.32 Å². The number of amides is 2. The quantitative estimate of drug-likeness (QED) is 0.487. The first-order valence-corrected chi connectivity index (χ1v) is 10.9. The number of sulfonamides is 1. The van der Waals surface area contributed by atoms with Gasteiger partial charge in [-0.25, -0.2) is 17.9 Å². The van der Waals surface area contributed by atoms with E-state index in [2.05, 4.69) is 15.7 Å². The third kappa shape index (κ3) is 6.08. The summed E-state index contributed by atoms with van der Waals surface area (Å²) in [5.74, 6) is 0.279. The van der Waals surface area contributed by atoms with E-state index in [1.54, 1.807) is 47.3 Å². The molecule has 170 valence electrons. The highest BCUT2D eigenvalue weighted by Crippen LogP contribution is 2.30. The van der Waals surface area contributed by atoms with Crippen LogP contribution in [0.5, 0.6) is 0 Å². The second-order valence-corrected chi connectivity index (χ2v) is 8.42. The number of alkyl halides is 3. The molecule has 1 aromatic heterocycles. The molecule has 0 saturated carbocycles. The first kappa shape index (κ1) is 23.3. The lowest BCUT2D eigenvalue weighted by Gasteiger charge is -2.15. The molecule has 0 unspecified atom stereocenters. The number of hydrogen-bond acceptors (Lipinski definition) is 4. The molecule has 0 aliphatic heterocycles. The minimum absolute atomic E-state index is 0.0958. The number of urea groups is 1. The molecule has 0 bridgehead atoms. The van der Waals surface area contributed by atoms with Gasteiger partial charge in [0, 0.05) is 24.4 Å². The SMILES string of the molecule is CCn1ccc(NC(=O)Nc2cc(S(=O)(=O)NCC(F)(F)F)ccc2-c2ccccc2)n1.